The fourth-order valence-electron chi connectivity index (χ4n) is 2.02. The Hall–Kier alpha value is -1.94. The number of thiophene rings is 1. The maximum Gasteiger partial charge on any atom is 0.172 e. The Kier molecular flexibility index (Phi) is 2.52. The van der Waals surface area contributed by atoms with Crippen LogP contribution >= 0.6 is 11.3 Å². The summed E-state index contributed by atoms with van der Waals surface area (Å²) in [5.74, 6) is 1.27. The Labute approximate surface area is 109 Å². The van der Waals surface area contributed by atoms with Crippen molar-refractivity contribution >= 4 is 28.1 Å². The van der Waals surface area contributed by atoms with Crippen molar-refractivity contribution in [2.75, 3.05) is 5.73 Å². The number of anilines is 1. The summed E-state index contributed by atoms with van der Waals surface area (Å²) in [5.41, 5.74) is 9.28. The van der Waals surface area contributed by atoms with Crippen LogP contribution in [0, 0.1) is 13.8 Å². The summed E-state index contributed by atoms with van der Waals surface area (Å²) in [7, 11) is 0. The standard InChI is InChI=1S/C14H13N3S/c1-8-4-3-5-10-11(8)16-14(17-13(10)15)12-9(2)6-7-18-12/h3-7H,1-2H3,(H2,15,16,17). The van der Waals surface area contributed by atoms with Gasteiger partial charge in [-0.2, -0.15) is 0 Å². The van der Waals surface area contributed by atoms with Crippen LogP contribution in [-0.2, 0) is 0 Å². The maximum atomic E-state index is 6.04. The summed E-state index contributed by atoms with van der Waals surface area (Å²) in [6.45, 7) is 4.10. The number of hydrogen-bond donors (Lipinski definition) is 1. The molecule has 0 unspecified atom stereocenters. The van der Waals surface area contributed by atoms with Gasteiger partial charge in [-0.15, -0.1) is 11.3 Å². The first kappa shape index (κ1) is 11.2. The molecule has 2 aromatic heterocycles. The molecule has 2 heterocycles. The Morgan fingerprint density at radius 1 is 1.06 bits per heavy atom. The van der Waals surface area contributed by atoms with E-state index in [0.717, 1.165) is 27.2 Å². The molecule has 0 fully saturated rings. The van der Waals surface area contributed by atoms with E-state index in [1.165, 1.54) is 5.56 Å². The van der Waals surface area contributed by atoms with E-state index in [-0.39, 0.29) is 0 Å². The van der Waals surface area contributed by atoms with E-state index >= 15 is 0 Å². The molecule has 0 bridgehead atoms. The lowest BCUT2D eigenvalue weighted by atomic mass is 10.1. The van der Waals surface area contributed by atoms with Gasteiger partial charge in [0.25, 0.3) is 0 Å². The topological polar surface area (TPSA) is 51.8 Å². The van der Waals surface area contributed by atoms with Crippen LogP contribution in [-0.4, -0.2) is 9.97 Å². The number of aromatic nitrogens is 2. The van der Waals surface area contributed by atoms with Crippen molar-refractivity contribution in [1.82, 2.24) is 9.97 Å². The zero-order chi connectivity index (χ0) is 12.7. The van der Waals surface area contributed by atoms with E-state index in [0.29, 0.717) is 5.82 Å². The van der Waals surface area contributed by atoms with Gasteiger partial charge in [0.05, 0.1) is 10.4 Å². The number of hydrogen-bond acceptors (Lipinski definition) is 4. The number of para-hydroxylation sites is 1. The van der Waals surface area contributed by atoms with Crippen molar-refractivity contribution in [3.8, 4) is 10.7 Å². The van der Waals surface area contributed by atoms with E-state index in [1.54, 1.807) is 11.3 Å². The first-order valence-corrected chi connectivity index (χ1v) is 6.62. The predicted octanol–water partition coefficient (Wildman–Crippen LogP) is 3.56. The molecular formula is C14H13N3S. The molecule has 4 heteroatoms. The van der Waals surface area contributed by atoms with E-state index in [1.807, 2.05) is 30.5 Å². The lowest BCUT2D eigenvalue weighted by Gasteiger charge is -2.06. The van der Waals surface area contributed by atoms with Crippen LogP contribution in [0.1, 0.15) is 11.1 Å². The van der Waals surface area contributed by atoms with Gasteiger partial charge in [-0.3, -0.25) is 0 Å². The van der Waals surface area contributed by atoms with Gasteiger partial charge in [-0.25, -0.2) is 9.97 Å². The normalized spacial score (nSPS) is 11.0. The van der Waals surface area contributed by atoms with Gasteiger partial charge < -0.3 is 5.73 Å². The molecule has 0 atom stereocenters. The molecule has 0 spiro atoms. The molecule has 2 N–H and O–H groups in total. The number of nitrogen functional groups attached to an aromatic ring is 1. The van der Waals surface area contributed by atoms with Crippen molar-refractivity contribution in [1.29, 1.82) is 0 Å². The smallest absolute Gasteiger partial charge is 0.172 e. The second-order valence-electron chi connectivity index (χ2n) is 4.34. The summed E-state index contributed by atoms with van der Waals surface area (Å²) < 4.78 is 0. The number of rotatable bonds is 1. The molecule has 18 heavy (non-hydrogen) atoms. The number of nitrogens with zero attached hydrogens (tertiary/aromatic N) is 2. The first-order chi connectivity index (χ1) is 8.66. The third-order valence-electron chi connectivity index (χ3n) is 3.02. The van der Waals surface area contributed by atoms with Crippen LogP contribution in [0.25, 0.3) is 21.6 Å². The number of benzene rings is 1. The lowest BCUT2D eigenvalue weighted by molar-refractivity contribution is 1.23. The number of aryl methyl sites for hydroxylation is 2. The molecule has 0 aliphatic rings. The fourth-order valence-corrected chi connectivity index (χ4v) is 2.88. The van der Waals surface area contributed by atoms with Crippen molar-refractivity contribution in [2.45, 2.75) is 13.8 Å². The minimum atomic E-state index is 0.548. The fraction of sp³-hybridized carbons (Fsp3) is 0.143. The van der Waals surface area contributed by atoms with Crippen LogP contribution in [0.3, 0.4) is 0 Å². The van der Waals surface area contributed by atoms with E-state index in [9.17, 15) is 0 Å². The molecule has 0 aliphatic carbocycles. The molecule has 3 aromatic rings. The zero-order valence-corrected chi connectivity index (χ0v) is 11.1. The predicted molar refractivity (Wildman–Crippen MR) is 76.7 cm³/mol. The molecule has 0 aliphatic heterocycles. The highest BCUT2D eigenvalue weighted by Gasteiger charge is 2.11. The van der Waals surface area contributed by atoms with Gasteiger partial charge in [0.1, 0.15) is 5.82 Å². The Balaban J connectivity index is 2.34. The summed E-state index contributed by atoms with van der Waals surface area (Å²) >= 11 is 1.65. The molecular weight excluding hydrogens is 242 g/mol. The minimum Gasteiger partial charge on any atom is -0.383 e. The lowest BCUT2D eigenvalue weighted by Crippen LogP contribution is -1.98. The van der Waals surface area contributed by atoms with Gasteiger partial charge in [0, 0.05) is 5.39 Å². The highest BCUT2D eigenvalue weighted by atomic mass is 32.1. The summed E-state index contributed by atoms with van der Waals surface area (Å²) in [6, 6.07) is 8.05. The van der Waals surface area contributed by atoms with Crippen LogP contribution in [0.2, 0.25) is 0 Å². The van der Waals surface area contributed by atoms with Crippen LogP contribution in [0.4, 0.5) is 5.82 Å². The monoisotopic (exact) mass is 255 g/mol. The Bertz CT molecular complexity index is 731. The highest BCUT2D eigenvalue weighted by Crippen LogP contribution is 2.30. The third-order valence-corrected chi connectivity index (χ3v) is 4.04. The molecule has 1 aromatic carbocycles. The Morgan fingerprint density at radius 2 is 1.89 bits per heavy atom. The molecule has 0 amide bonds. The second kappa shape index (κ2) is 4.07. The van der Waals surface area contributed by atoms with Gasteiger partial charge >= 0.3 is 0 Å². The maximum absolute atomic E-state index is 6.04. The van der Waals surface area contributed by atoms with Gasteiger partial charge in [0.2, 0.25) is 0 Å². The van der Waals surface area contributed by atoms with Crippen molar-refractivity contribution in [2.24, 2.45) is 0 Å². The average molecular weight is 255 g/mol. The third kappa shape index (κ3) is 1.66. The first-order valence-electron chi connectivity index (χ1n) is 5.74. The van der Waals surface area contributed by atoms with Crippen molar-refractivity contribution < 1.29 is 0 Å². The zero-order valence-electron chi connectivity index (χ0n) is 10.3. The molecule has 0 saturated heterocycles. The SMILES string of the molecule is Cc1ccsc1-c1nc(N)c2cccc(C)c2n1. The molecule has 0 saturated carbocycles. The van der Waals surface area contributed by atoms with Gasteiger partial charge in [0.15, 0.2) is 5.82 Å². The Morgan fingerprint density at radius 3 is 2.61 bits per heavy atom. The van der Waals surface area contributed by atoms with Crippen LogP contribution in [0.5, 0.6) is 0 Å². The summed E-state index contributed by atoms with van der Waals surface area (Å²) in [6.07, 6.45) is 0. The minimum absolute atomic E-state index is 0.548. The van der Waals surface area contributed by atoms with E-state index < -0.39 is 0 Å². The van der Waals surface area contributed by atoms with Crippen LogP contribution < -0.4 is 5.73 Å². The summed E-state index contributed by atoms with van der Waals surface area (Å²) in [5, 5.41) is 2.97. The second-order valence-corrected chi connectivity index (χ2v) is 5.25. The van der Waals surface area contributed by atoms with Gasteiger partial charge in [-0.05, 0) is 42.5 Å². The quantitative estimate of drug-likeness (QED) is 0.723. The summed E-state index contributed by atoms with van der Waals surface area (Å²) in [4.78, 5) is 10.2. The van der Waals surface area contributed by atoms with Crippen molar-refractivity contribution in [3.05, 3.63) is 40.8 Å². The average Bonchev–Trinajstić information content (AvgIpc) is 2.77. The highest BCUT2D eigenvalue weighted by molar-refractivity contribution is 7.13. The van der Waals surface area contributed by atoms with Crippen molar-refractivity contribution in [3.63, 3.8) is 0 Å². The number of nitrogens with two attached hydrogens (primary N) is 1. The van der Waals surface area contributed by atoms with Gasteiger partial charge in [-0.1, -0.05) is 12.1 Å². The largest absolute Gasteiger partial charge is 0.383 e. The van der Waals surface area contributed by atoms with E-state index in [2.05, 4.69) is 23.0 Å². The van der Waals surface area contributed by atoms with E-state index in [4.69, 9.17) is 5.73 Å². The number of fused-ring (bicyclic) bond motifs is 1. The molecule has 3 rings (SSSR count). The molecule has 90 valence electrons. The molecule has 0 radical (unpaired) electrons. The molecule has 3 nitrogen and oxygen atoms in total. The van der Waals surface area contributed by atoms with Crippen LogP contribution in [0.15, 0.2) is 29.6 Å².